The van der Waals surface area contributed by atoms with Crippen LogP contribution in [0.2, 0.25) is 0 Å². The Balaban J connectivity index is 0.000000356. The second kappa shape index (κ2) is 12.5. The minimum atomic E-state index is -0.458. The molecule has 0 radical (unpaired) electrons. The molecule has 4 aliphatic rings. The summed E-state index contributed by atoms with van der Waals surface area (Å²) >= 11 is 0. The highest BCUT2D eigenvalue weighted by Gasteiger charge is 2.40. The van der Waals surface area contributed by atoms with E-state index in [0.29, 0.717) is 47.3 Å². The van der Waals surface area contributed by atoms with Crippen LogP contribution in [0.5, 0.6) is 0 Å². The highest BCUT2D eigenvalue weighted by atomic mass is 19.1. The standard InChI is InChI=1S/4C6H11F.CH4/c4*1-4(2)5-3-6(5)7;/h4*4-6H,3H2,1-2H3;1H4/t2*5-,6+;2*5-,6-;/m1010./s1. The van der Waals surface area contributed by atoms with Gasteiger partial charge in [0.25, 0.3) is 0 Å². The van der Waals surface area contributed by atoms with E-state index >= 15 is 0 Å². The lowest BCUT2D eigenvalue weighted by atomic mass is 10.1. The Morgan fingerprint density at radius 2 is 0.517 bits per heavy atom. The van der Waals surface area contributed by atoms with Crippen molar-refractivity contribution in [3.05, 3.63) is 0 Å². The molecule has 0 saturated heterocycles. The van der Waals surface area contributed by atoms with Crippen molar-refractivity contribution in [1.29, 1.82) is 0 Å². The highest BCUT2D eigenvalue weighted by Crippen LogP contribution is 2.41. The van der Waals surface area contributed by atoms with E-state index in [1.807, 2.05) is 0 Å². The molecule has 0 heterocycles. The molecule has 0 aliphatic heterocycles. The van der Waals surface area contributed by atoms with Gasteiger partial charge < -0.3 is 0 Å². The van der Waals surface area contributed by atoms with Crippen LogP contribution in [0.1, 0.15) is 88.5 Å². The average Bonchev–Trinajstić information content (AvgIpc) is 3.36. The summed E-state index contributed by atoms with van der Waals surface area (Å²) in [6, 6.07) is 0. The van der Waals surface area contributed by atoms with Crippen LogP contribution >= 0.6 is 0 Å². The third-order valence-electron chi connectivity index (χ3n) is 6.46. The smallest absolute Gasteiger partial charge is 0.104 e. The minimum Gasteiger partial charge on any atom is -0.247 e. The van der Waals surface area contributed by atoms with Gasteiger partial charge in [0.2, 0.25) is 0 Å². The first-order chi connectivity index (χ1) is 12.9. The lowest BCUT2D eigenvalue weighted by Gasteiger charge is -1.95. The highest BCUT2D eigenvalue weighted by molar-refractivity contribution is 4.89. The van der Waals surface area contributed by atoms with Crippen molar-refractivity contribution in [3.8, 4) is 0 Å². The van der Waals surface area contributed by atoms with Crippen LogP contribution in [0, 0.1) is 47.3 Å². The zero-order chi connectivity index (χ0) is 21.8. The molecule has 4 fully saturated rings. The maximum Gasteiger partial charge on any atom is 0.104 e. The number of halogens is 4. The maximum absolute atomic E-state index is 12.0. The summed E-state index contributed by atoms with van der Waals surface area (Å²) in [6.07, 6.45) is 1.44. The van der Waals surface area contributed by atoms with Crippen LogP contribution in [0.25, 0.3) is 0 Å². The Hall–Kier alpha value is -0.280. The summed E-state index contributed by atoms with van der Waals surface area (Å²) in [5.74, 6) is 3.87. The number of alkyl halides is 4. The summed E-state index contributed by atoms with van der Waals surface area (Å²) in [4.78, 5) is 0. The van der Waals surface area contributed by atoms with Crippen molar-refractivity contribution in [2.45, 2.75) is 113 Å². The largest absolute Gasteiger partial charge is 0.247 e. The van der Waals surface area contributed by atoms with Crippen LogP contribution in [-0.2, 0) is 0 Å². The predicted molar refractivity (Wildman–Crippen MR) is 118 cm³/mol. The first kappa shape index (κ1) is 28.7. The summed E-state index contributed by atoms with van der Waals surface area (Å²) < 4.78 is 48.1. The lowest BCUT2D eigenvalue weighted by molar-refractivity contribution is 0.402. The van der Waals surface area contributed by atoms with Crippen molar-refractivity contribution in [2.75, 3.05) is 0 Å². The van der Waals surface area contributed by atoms with Gasteiger partial charge in [-0.05, 0) is 73.0 Å². The molecule has 0 spiro atoms. The van der Waals surface area contributed by atoms with Gasteiger partial charge in [0.15, 0.2) is 0 Å². The van der Waals surface area contributed by atoms with Crippen LogP contribution < -0.4 is 0 Å². The third kappa shape index (κ3) is 11.6. The molecule has 0 bridgehead atoms. The predicted octanol–water partition coefficient (Wildman–Crippen LogP) is 8.64. The lowest BCUT2D eigenvalue weighted by Crippen LogP contribution is -1.90. The molecule has 0 N–H and O–H groups in total. The van der Waals surface area contributed by atoms with E-state index in [4.69, 9.17) is 0 Å². The molecule has 0 amide bonds. The Kier molecular flexibility index (Phi) is 12.4. The van der Waals surface area contributed by atoms with Gasteiger partial charge in [-0.2, -0.15) is 0 Å². The molecule has 0 aromatic carbocycles. The Bertz CT molecular complexity index is 355. The summed E-state index contributed by atoms with van der Waals surface area (Å²) in [5, 5.41) is 0. The van der Waals surface area contributed by atoms with Gasteiger partial charge in [-0.3, -0.25) is 0 Å². The summed E-state index contributed by atoms with van der Waals surface area (Å²) in [6.45, 7) is 16.6. The molecule has 4 heteroatoms. The van der Waals surface area contributed by atoms with Crippen molar-refractivity contribution in [2.24, 2.45) is 47.3 Å². The second-order valence-corrected chi connectivity index (χ2v) is 10.6. The molecule has 8 atom stereocenters. The van der Waals surface area contributed by atoms with Gasteiger partial charge in [0.1, 0.15) is 24.7 Å². The van der Waals surface area contributed by atoms with E-state index in [0.717, 1.165) is 25.7 Å². The fourth-order valence-corrected chi connectivity index (χ4v) is 3.48. The average molecular weight is 425 g/mol. The molecule has 4 aliphatic carbocycles. The fourth-order valence-electron chi connectivity index (χ4n) is 3.48. The maximum atomic E-state index is 12.0. The number of rotatable bonds is 4. The number of hydrogen-bond acceptors (Lipinski definition) is 0. The van der Waals surface area contributed by atoms with Crippen LogP contribution in [0.3, 0.4) is 0 Å². The Morgan fingerprint density at radius 3 is 0.517 bits per heavy atom. The van der Waals surface area contributed by atoms with Gasteiger partial charge in [-0.25, -0.2) is 17.6 Å². The second-order valence-electron chi connectivity index (χ2n) is 10.6. The van der Waals surface area contributed by atoms with E-state index in [1.54, 1.807) is 0 Å². The summed E-state index contributed by atoms with van der Waals surface area (Å²) in [7, 11) is 0. The zero-order valence-corrected chi connectivity index (χ0v) is 19.3. The SMILES string of the molecule is C.CC(C)[C@@H]1C[C@@H]1F.CC(C)[C@@H]1C[C@H]1F.CC(C)[C@H]1C[C@@H]1F.CC(C)[C@H]1C[C@H]1F. The minimum absolute atomic E-state index is 0. The van der Waals surface area contributed by atoms with E-state index in [9.17, 15) is 17.6 Å². The molecule has 4 saturated carbocycles. The van der Waals surface area contributed by atoms with Crippen LogP contribution in [-0.4, -0.2) is 24.7 Å². The molecule has 176 valence electrons. The molecule has 29 heavy (non-hydrogen) atoms. The topological polar surface area (TPSA) is 0 Å². The quantitative estimate of drug-likeness (QED) is 0.396. The first-order valence-corrected chi connectivity index (χ1v) is 11.4. The molecule has 4 rings (SSSR count). The van der Waals surface area contributed by atoms with Crippen molar-refractivity contribution >= 4 is 0 Å². The van der Waals surface area contributed by atoms with Crippen molar-refractivity contribution in [1.82, 2.24) is 0 Å². The summed E-state index contributed by atoms with van der Waals surface area (Å²) in [5.41, 5.74) is 0. The van der Waals surface area contributed by atoms with Gasteiger partial charge >= 0.3 is 0 Å². The molecule has 0 nitrogen and oxygen atoms in total. The van der Waals surface area contributed by atoms with E-state index in [1.165, 1.54) is 0 Å². The van der Waals surface area contributed by atoms with Gasteiger partial charge in [-0.1, -0.05) is 62.8 Å². The van der Waals surface area contributed by atoms with Gasteiger partial charge in [0.05, 0.1) is 0 Å². The molecule has 0 aromatic heterocycles. The zero-order valence-electron chi connectivity index (χ0n) is 19.3. The number of hydrogen-bond donors (Lipinski definition) is 0. The fraction of sp³-hybridized carbons (Fsp3) is 1.00. The van der Waals surface area contributed by atoms with E-state index < -0.39 is 24.7 Å². The van der Waals surface area contributed by atoms with Crippen LogP contribution in [0.15, 0.2) is 0 Å². The van der Waals surface area contributed by atoms with Crippen molar-refractivity contribution < 1.29 is 17.6 Å². The first-order valence-electron chi connectivity index (χ1n) is 11.4. The molecule has 0 unspecified atom stereocenters. The monoisotopic (exact) mass is 424 g/mol. The Labute approximate surface area is 178 Å². The molecule has 0 aromatic rings. The molecular weight excluding hydrogens is 376 g/mol. The van der Waals surface area contributed by atoms with E-state index in [2.05, 4.69) is 55.4 Å². The van der Waals surface area contributed by atoms with E-state index in [-0.39, 0.29) is 7.43 Å². The van der Waals surface area contributed by atoms with Crippen molar-refractivity contribution in [3.63, 3.8) is 0 Å². The van der Waals surface area contributed by atoms with Gasteiger partial charge in [0, 0.05) is 0 Å². The normalized spacial score (nSPS) is 38.1. The third-order valence-corrected chi connectivity index (χ3v) is 6.46. The van der Waals surface area contributed by atoms with Gasteiger partial charge in [-0.15, -0.1) is 0 Å². The Morgan fingerprint density at radius 1 is 0.414 bits per heavy atom. The van der Waals surface area contributed by atoms with Crippen LogP contribution in [0.4, 0.5) is 17.6 Å². The molecular formula is C25H48F4.